The van der Waals surface area contributed by atoms with Gasteiger partial charge in [0.25, 0.3) is 5.69 Å². The SMILES string of the molecule is Cc1ccc([C@H](CC=O)Cc2ccc(C=O)cc2[N+](=O)[O-])cc1. The van der Waals surface area contributed by atoms with Gasteiger partial charge in [-0.3, -0.25) is 14.9 Å². The first-order chi connectivity index (χ1) is 11.0. The predicted octanol–water partition coefficient (Wildman–Crippen LogP) is 3.63. The molecule has 0 unspecified atom stereocenters. The summed E-state index contributed by atoms with van der Waals surface area (Å²) in [5, 5.41) is 11.2. The minimum absolute atomic E-state index is 0.0855. The van der Waals surface area contributed by atoms with Gasteiger partial charge in [0.15, 0.2) is 0 Å². The number of carbonyl (C=O) groups excluding carboxylic acids is 2. The van der Waals surface area contributed by atoms with Crippen LogP contribution in [-0.4, -0.2) is 17.5 Å². The highest BCUT2D eigenvalue weighted by Gasteiger charge is 2.20. The first-order valence-electron chi connectivity index (χ1n) is 7.28. The van der Waals surface area contributed by atoms with E-state index in [9.17, 15) is 19.7 Å². The van der Waals surface area contributed by atoms with E-state index in [0.29, 0.717) is 18.3 Å². The van der Waals surface area contributed by atoms with E-state index in [1.54, 1.807) is 12.1 Å². The third-order valence-electron chi connectivity index (χ3n) is 3.84. The molecule has 0 N–H and O–H groups in total. The third-order valence-corrected chi connectivity index (χ3v) is 3.84. The van der Waals surface area contributed by atoms with E-state index in [1.165, 1.54) is 6.07 Å². The molecule has 0 saturated heterocycles. The summed E-state index contributed by atoms with van der Waals surface area (Å²) in [4.78, 5) is 32.5. The first-order valence-corrected chi connectivity index (χ1v) is 7.28. The van der Waals surface area contributed by atoms with Crippen molar-refractivity contribution in [3.63, 3.8) is 0 Å². The maximum absolute atomic E-state index is 11.2. The van der Waals surface area contributed by atoms with Crippen LogP contribution in [0.3, 0.4) is 0 Å². The molecule has 0 fully saturated rings. The molecule has 0 aliphatic heterocycles. The number of hydrogen-bond acceptors (Lipinski definition) is 4. The maximum Gasteiger partial charge on any atom is 0.273 e. The van der Waals surface area contributed by atoms with Crippen molar-refractivity contribution >= 4 is 18.3 Å². The molecule has 23 heavy (non-hydrogen) atoms. The van der Waals surface area contributed by atoms with E-state index in [2.05, 4.69) is 0 Å². The third kappa shape index (κ3) is 4.10. The zero-order valence-corrected chi connectivity index (χ0v) is 12.8. The fourth-order valence-corrected chi connectivity index (χ4v) is 2.55. The maximum atomic E-state index is 11.2. The summed E-state index contributed by atoms with van der Waals surface area (Å²) < 4.78 is 0. The van der Waals surface area contributed by atoms with Gasteiger partial charge in [-0.25, -0.2) is 0 Å². The monoisotopic (exact) mass is 311 g/mol. The lowest BCUT2D eigenvalue weighted by Gasteiger charge is -2.15. The molecule has 0 bridgehead atoms. The summed E-state index contributed by atoms with van der Waals surface area (Å²) in [6.45, 7) is 1.97. The summed E-state index contributed by atoms with van der Waals surface area (Å²) in [5.41, 5.74) is 2.78. The molecule has 0 spiro atoms. The number of nitrogens with zero attached hydrogens (tertiary/aromatic N) is 1. The lowest BCUT2D eigenvalue weighted by Crippen LogP contribution is -2.06. The quantitative estimate of drug-likeness (QED) is 0.444. The van der Waals surface area contributed by atoms with E-state index in [4.69, 9.17) is 0 Å². The fourth-order valence-electron chi connectivity index (χ4n) is 2.55. The normalized spacial score (nSPS) is 11.7. The Hall–Kier alpha value is -2.82. The van der Waals surface area contributed by atoms with Crippen molar-refractivity contribution in [2.24, 2.45) is 0 Å². The number of rotatable bonds is 7. The van der Waals surface area contributed by atoms with Gasteiger partial charge < -0.3 is 4.79 Å². The number of carbonyl (C=O) groups is 2. The number of aldehydes is 2. The zero-order chi connectivity index (χ0) is 16.8. The molecule has 118 valence electrons. The smallest absolute Gasteiger partial charge is 0.273 e. The predicted molar refractivity (Wildman–Crippen MR) is 86.8 cm³/mol. The number of benzene rings is 2. The minimum atomic E-state index is -0.491. The molecule has 0 heterocycles. The van der Waals surface area contributed by atoms with E-state index >= 15 is 0 Å². The van der Waals surface area contributed by atoms with Crippen molar-refractivity contribution in [2.45, 2.75) is 25.7 Å². The van der Waals surface area contributed by atoms with Crippen molar-refractivity contribution in [3.8, 4) is 0 Å². The Morgan fingerprint density at radius 2 is 1.83 bits per heavy atom. The van der Waals surface area contributed by atoms with E-state index < -0.39 is 4.92 Å². The molecule has 0 aliphatic rings. The Morgan fingerprint density at radius 3 is 2.39 bits per heavy atom. The number of hydrogen-bond donors (Lipinski definition) is 0. The van der Waals surface area contributed by atoms with Crippen molar-refractivity contribution in [3.05, 3.63) is 74.8 Å². The Labute approximate surface area is 134 Å². The van der Waals surface area contributed by atoms with Crippen molar-refractivity contribution < 1.29 is 14.5 Å². The number of nitro benzene ring substituents is 1. The Kier molecular flexibility index (Phi) is 5.36. The van der Waals surface area contributed by atoms with Gasteiger partial charge in [-0.05, 0) is 24.8 Å². The summed E-state index contributed by atoms with van der Waals surface area (Å²) in [6.07, 6.45) is 2.07. The molecule has 0 aliphatic carbocycles. The van der Waals surface area contributed by atoms with Crippen LogP contribution in [0.5, 0.6) is 0 Å². The average Bonchev–Trinajstić information content (AvgIpc) is 2.55. The van der Waals surface area contributed by atoms with Crippen LogP contribution in [-0.2, 0) is 11.2 Å². The van der Waals surface area contributed by atoms with E-state index in [0.717, 1.165) is 17.4 Å². The highest BCUT2D eigenvalue weighted by molar-refractivity contribution is 5.76. The van der Waals surface area contributed by atoms with Crippen LogP contribution in [0.25, 0.3) is 0 Å². The van der Waals surface area contributed by atoms with Crippen LogP contribution in [0.2, 0.25) is 0 Å². The molecular weight excluding hydrogens is 294 g/mol. The molecule has 0 aromatic heterocycles. The van der Waals surface area contributed by atoms with Crippen LogP contribution in [0.15, 0.2) is 42.5 Å². The topological polar surface area (TPSA) is 77.3 Å². The molecule has 5 heteroatoms. The molecule has 1 atom stereocenters. The summed E-state index contributed by atoms with van der Waals surface area (Å²) in [5.74, 6) is -0.131. The molecule has 2 aromatic rings. The molecule has 5 nitrogen and oxygen atoms in total. The van der Waals surface area contributed by atoms with Gasteiger partial charge in [0.05, 0.1) is 4.92 Å². The Balaban J connectivity index is 2.36. The van der Waals surface area contributed by atoms with Crippen molar-refractivity contribution in [2.75, 3.05) is 0 Å². The highest BCUT2D eigenvalue weighted by Crippen LogP contribution is 2.29. The molecule has 0 radical (unpaired) electrons. The summed E-state index contributed by atoms with van der Waals surface area (Å²) in [6, 6.07) is 12.2. The largest absolute Gasteiger partial charge is 0.303 e. The van der Waals surface area contributed by atoms with Gasteiger partial charge in [-0.2, -0.15) is 0 Å². The van der Waals surface area contributed by atoms with Gasteiger partial charge in [-0.15, -0.1) is 0 Å². The van der Waals surface area contributed by atoms with E-state index in [-0.39, 0.29) is 23.6 Å². The second-order valence-electron chi connectivity index (χ2n) is 5.48. The summed E-state index contributed by atoms with van der Waals surface area (Å²) >= 11 is 0. The van der Waals surface area contributed by atoms with Gasteiger partial charge in [0.1, 0.15) is 12.6 Å². The van der Waals surface area contributed by atoms with Crippen LogP contribution < -0.4 is 0 Å². The van der Waals surface area contributed by atoms with Gasteiger partial charge in [-0.1, -0.05) is 42.0 Å². The lowest BCUT2D eigenvalue weighted by atomic mass is 9.88. The number of aryl methyl sites for hydroxylation is 1. The standard InChI is InChI=1S/C18H17NO4/c1-13-2-5-15(6-3-13)16(8-9-20)11-17-7-4-14(12-21)10-18(17)19(22)23/h2-7,9-10,12,16H,8,11H2,1H3/t16-/m1/s1. The van der Waals surface area contributed by atoms with Crippen molar-refractivity contribution in [1.29, 1.82) is 0 Å². The highest BCUT2D eigenvalue weighted by atomic mass is 16.6. The van der Waals surface area contributed by atoms with Crippen LogP contribution >= 0.6 is 0 Å². The second kappa shape index (κ2) is 7.45. The fraction of sp³-hybridized carbons (Fsp3) is 0.222. The lowest BCUT2D eigenvalue weighted by molar-refractivity contribution is -0.385. The van der Waals surface area contributed by atoms with Gasteiger partial charge in [0, 0.05) is 23.6 Å². The Bertz CT molecular complexity index is 722. The molecule has 0 saturated carbocycles. The minimum Gasteiger partial charge on any atom is -0.303 e. The molecule has 2 rings (SSSR count). The number of nitro groups is 1. The Morgan fingerprint density at radius 1 is 1.13 bits per heavy atom. The molecule has 0 amide bonds. The van der Waals surface area contributed by atoms with E-state index in [1.807, 2.05) is 31.2 Å². The average molecular weight is 311 g/mol. The van der Waals surface area contributed by atoms with Gasteiger partial charge >= 0.3 is 0 Å². The van der Waals surface area contributed by atoms with Gasteiger partial charge in [0.2, 0.25) is 0 Å². The molecular formula is C18H17NO4. The molecule has 2 aromatic carbocycles. The van der Waals surface area contributed by atoms with Crippen LogP contribution in [0.4, 0.5) is 5.69 Å². The first kappa shape index (κ1) is 16.5. The van der Waals surface area contributed by atoms with Crippen LogP contribution in [0.1, 0.15) is 39.4 Å². The second-order valence-corrected chi connectivity index (χ2v) is 5.48. The van der Waals surface area contributed by atoms with Crippen LogP contribution in [0, 0.1) is 17.0 Å². The zero-order valence-electron chi connectivity index (χ0n) is 12.8. The van der Waals surface area contributed by atoms with Crippen molar-refractivity contribution in [1.82, 2.24) is 0 Å². The summed E-state index contributed by atoms with van der Waals surface area (Å²) in [7, 11) is 0.